The number of carbonyl (C=O) groups excluding carboxylic acids is 1. The second-order valence-electron chi connectivity index (χ2n) is 7.09. The van der Waals surface area contributed by atoms with Gasteiger partial charge < -0.3 is 20.1 Å². The number of alkyl halides is 3. The second-order valence-corrected chi connectivity index (χ2v) is 7.09. The van der Waals surface area contributed by atoms with Crippen molar-refractivity contribution in [2.75, 3.05) is 26.3 Å². The third kappa shape index (κ3) is 5.64. The molecular weight excluding hydrogens is 429 g/mol. The molecule has 31 heavy (non-hydrogen) atoms. The fourth-order valence-electron chi connectivity index (χ4n) is 3.15. The molecule has 0 bridgehead atoms. The number of aromatic nitrogens is 1. The van der Waals surface area contributed by atoms with Gasteiger partial charge in [0.15, 0.2) is 11.6 Å². The van der Waals surface area contributed by atoms with E-state index in [9.17, 15) is 26.7 Å². The van der Waals surface area contributed by atoms with Gasteiger partial charge in [0.05, 0.1) is 12.1 Å². The summed E-state index contributed by atoms with van der Waals surface area (Å²) in [5, 5.41) is 11.1. The highest BCUT2D eigenvalue weighted by Gasteiger charge is 2.38. The molecule has 1 amide bonds. The third-order valence-corrected chi connectivity index (χ3v) is 4.76. The van der Waals surface area contributed by atoms with Crippen LogP contribution >= 0.6 is 0 Å². The lowest BCUT2D eigenvalue weighted by atomic mass is 10.1. The summed E-state index contributed by atoms with van der Waals surface area (Å²) in [5.41, 5.74) is 0.522. The van der Waals surface area contributed by atoms with E-state index in [1.54, 1.807) is 17.0 Å². The van der Waals surface area contributed by atoms with E-state index >= 15 is 0 Å². The number of aliphatic carboxylic acids is 1. The number of hydrogen-bond acceptors (Lipinski definition) is 5. The molecule has 2 aromatic rings. The molecule has 0 saturated carbocycles. The Hall–Kier alpha value is -2.86. The number of hydrogen-bond donors (Lipinski definition) is 2. The number of amides is 1. The van der Waals surface area contributed by atoms with Crippen LogP contribution in [0.25, 0.3) is 10.9 Å². The van der Waals surface area contributed by atoms with E-state index in [0.717, 1.165) is 31.8 Å². The van der Waals surface area contributed by atoms with E-state index < -0.39 is 23.8 Å². The summed E-state index contributed by atoms with van der Waals surface area (Å²) in [6.45, 7) is 2.74. The first-order valence-electron chi connectivity index (χ1n) is 9.23. The number of fused-ring (bicyclic) bond motifs is 1. The van der Waals surface area contributed by atoms with E-state index in [1.807, 2.05) is 0 Å². The molecule has 2 N–H and O–H groups in total. The number of ether oxygens (including phenoxy) is 1. The maximum Gasteiger partial charge on any atom is 0.490 e. The lowest BCUT2D eigenvalue weighted by molar-refractivity contribution is -0.192. The van der Waals surface area contributed by atoms with Crippen LogP contribution < -0.4 is 5.32 Å². The maximum absolute atomic E-state index is 13.3. The largest absolute Gasteiger partial charge is 0.490 e. The number of pyridine rings is 1. The zero-order valence-electron chi connectivity index (χ0n) is 16.0. The van der Waals surface area contributed by atoms with Crippen molar-refractivity contribution in [1.82, 2.24) is 15.2 Å². The fraction of sp³-hybridized carbons (Fsp3) is 0.421. The van der Waals surface area contributed by atoms with Gasteiger partial charge >= 0.3 is 12.1 Å². The molecule has 0 radical (unpaired) electrons. The Labute approximate surface area is 172 Å². The Morgan fingerprint density at radius 3 is 2.35 bits per heavy atom. The summed E-state index contributed by atoms with van der Waals surface area (Å²) < 4.78 is 63.6. The maximum atomic E-state index is 13.3. The molecule has 0 aliphatic carbocycles. The summed E-state index contributed by atoms with van der Waals surface area (Å²) in [6, 6.07) is 5.87. The molecule has 1 aromatic carbocycles. The topological polar surface area (TPSA) is 91.8 Å². The fourth-order valence-corrected chi connectivity index (χ4v) is 3.15. The summed E-state index contributed by atoms with van der Waals surface area (Å²) in [6.07, 6.45) is -4.08. The van der Waals surface area contributed by atoms with Gasteiger partial charge in [0.25, 0.3) is 5.91 Å². The van der Waals surface area contributed by atoms with Crippen molar-refractivity contribution in [3.8, 4) is 0 Å². The Kier molecular flexibility index (Phi) is 6.70. The summed E-state index contributed by atoms with van der Waals surface area (Å²) in [4.78, 5) is 27.2. The number of nitrogens with zero attached hydrogens (tertiary/aromatic N) is 2. The molecule has 2 aliphatic rings. The van der Waals surface area contributed by atoms with Crippen LogP contribution in [0.15, 0.2) is 24.3 Å². The van der Waals surface area contributed by atoms with Crippen LogP contribution in [-0.2, 0) is 9.53 Å². The average molecular weight is 447 g/mol. The molecule has 2 aliphatic heterocycles. The van der Waals surface area contributed by atoms with Crippen molar-refractivity contribution in [3.05, 3.63) is 41.6 Å². The molecule has 1 aromatic heterocycles. The number of carboxylic acids is 1. The van der Waals surface area contributed by atoms with Crippen LogP contribution in [-0.4, -0.2) is 71.4 Å². The van der Waals surface area contributed by atoms with Crippen molar-refractivity contribution in [3.63, 3.8) is 0 Å². The average Bonchev–Trinajstić information content (AvgIpc) is 3.17. The lowest BCUT2D eigenvalue weighted by Gasteiger charge is -2.40. The van der Waals surface area contributed by atoms with Crippen LogP contribution in [0.2, 0.25) is 0 Å². The smallest absolute Gasteiger partial charge is 0.475 e. The van der Waals surface area contributed by atoms with Gasteiger partial charge in [0.2, 0.25) is 0 Å². The van der Waals surface area contributed by atoms with Gasteiger partial charge in [-0.25, -0.2) is 18.6 Å². The molecule has 2 fully saturated rings. The zero-order valence-corrected chi connectivity index (χ0v) is 16.0. The van der Waals surface area contributed by atoms with Crippen LogP contribution in [0.3, 0.4) is 0 Å². The van der Waals surface area contributed by atoms with E-state index in [1.165, 1.54) is 0 Å². The molecule has 1 atom stereocenters. The predicted octanol–water partition coefficient (Wildman–Crippen LogP) is 2.35. The van der Waals surface area contributed by atoms with E-state index in [2.05, 4.69) is 10.3 Å². The molecule has 2 saturated heterocycles. The van der Waals surface area contributed by atoms with Crippen LogP contribution in [0, 0.1) is 11.6 Å². The minimum Gasteiger partial charge on any atom is -0.475 e. The van der Waals surface area contributed by atoms with Crippen molar-refractivity contribution in [1.29, 1.82) is 0 Å². The number of halogens is 5. The Bertz CT molecular complexity index is 973. The van der Waals surface area contributed by atoms with Crippen molar-refractivity contribution in [2.45, 2.75) is 24.7 Å². The molecule has 7 nitrogen and oxygen atoms in total. The first-order valence-corrected chi connectivity index (χ1v) is 9.23. The lowest BCUT2D eigenvalue weighted by Crippen LogP contribution is -2.61. The Morgan fingerprint density at radius 2 is 1.77 bits per heavy atom. The molecule has 12 heteroatoms. The molecular formula is C19H18F5N3O4. The quantitative estimate of drug-likeness (QED) is 0.702. The Balaban J connectivity index is 0.000000339. The number of rotatable bonds is 3. The minimum atomic E-state index is -5.08. The first-order chi connectivity index (χ1) is 14.5. The normalized spacial score (nSPS) is 19.0. The number of nitrogens with one attached hydrogen (secondary N) is 1. The van der Waals surface area contributed by atoms with Gasteiger partial charge in [0.1, 0.15) is 5.69 Å². The highest BCUT2D eigenvalue weighted by molar-refractivity contribution is 5.95. The molecule has 4 rings (SSSR count). The van der Waals surface area contributed by atoms with Gasteiger partial charge in [-0.05, 0) is 18.6 Å². The number of likely N-dealkylation sites (tertiary alicyclic amines) is 1. The summed E-state index contributed by atoms with van der Waals surface area (Å²) >= 11 is 0. The molecule has 0 spiro atoms. The summed E-state index contributed by atoms with van der Waals surface area (Å²) in [7, 11) is 0. The van der Waals surface area contributed by atoms with E-state index in [0.29, 0.717) is 24.5 Å². The highest BCUT2D eigenvalue weighted by Crippen LogP contribution is 2.20. The first kappa shape index (κ1) is 22.8. The van der Waals surface area contributed by atoms with Gasteiger partial charge in [-0.3, -0.25) is 4.79 Å². The predicted molar refractivity (Wildman–Crippen MR) is 97.4 cm³/mol. The SMILES string of the molecule is O=C(O)C(F)(F)F.O=C(c1ccc2cc(F)c(F)cc2n1)N1CC(NC2CCOC2)C1. The molecule has 3 heterocycles. The summed E-state index contributed by atoms with van der Waals surface area (Å²) in [5.74, 6) is -4.84. The minimum absolute atomic E-state index is 0.192. The Morgan fingerprint density at radius 1 is 1.13 bits per heavy atom. The van der Waals surface area contributed by atoms with Gasteiger partial charge in [-0.2, -0.15) is 13.2 Å². The monoisotopic (exact) mass is 447 g/mol. The number of benzene rings is 1. The number of carboxylic acid groups (broad SMARTS) is 1. The van der Waals surface area contributed by atoms with Gasteiger partial charge in [-0.1, -0.05) is 6.07 Å². The second kappa shape index (κ2) is 9.10. The number of carbonyl (C=O) groups is 2. The third-order valence-electron chi connectivity index (χ3n) is 4.76. The molecule has 1 unspecified atom stereocenters. The van der Waals surface area contributed by atoms with Gasteiger partial charge in [-0.15, -0.1) is 0 Å². The van der Waals surface area contributed by atoms with Crippen LogP contribution in [0.4, 0.5) is 22.0 Å². The molecule has 168 valence electrons. The van der Waals surface area contributed by atoms with E-state index in [4.69, 9.17) is 14.6 Å². The van der Waals surface area contributed by atoms with Crippen LogP contribution in [0.1, 0.15) is 16.9 Å². The standard InChI is InChI=1S/C17H17F2N3O2.C2HF3O2/c18-13-5-10-1-2-15(21-16(10)6-14(13)19)17(23)22-7-12(8-22)20-11-3-4-24-9-11;3-2(4,5)1(6)7/h1-2,5-6,11-12,20H,3-4,7-9H2;(H,6,7). The zero-order chi connectivity index (χ0) is 22.8. The van der Waals surface area contributed by atoms with Crippen LogP contribution in [0.5, 0.6) is 0 Å². The highest BCUT2D eigenvalue weighted by atomic mass is 19.4. The van der Waals surface area contributed by atoms with Gasteiger partial charge in [0, 0.05) is 43.2 Å². The van der Waals surface area contributed by atoms with Crippen molar-refractivity contribution < 1.29 is 41.4 Å². The van der Waals surface area contributed by atoms with Crippen molar-refractivity contribution >= 4 is 22.8 Å². The van der Waals surface area contributed by atoms with E-state index in [-0.39, 0.29) is 23.2 Å². The van der Waals surface area contributed by atoms with Crippen molar-refractivity contribution in [2.24, 2.45) is 0 Å².